The first kappa shape index (κ1) is 25.7. The monoisotopic (exact) mass is 537 g/mol. The Balaban J connectivity index is 1.33. The maximum absolute atomic E-state index is 13.3. The number of non-ortho nitro benzene ring substituents is 1. The molecular weight excluding hydrogens is 510 g/mol. The summed E-state index contributed by atoms with van der Waals surface area (Å²) in [6.45, 7) is 3.44. The maximum atomic E-state index is 13.3. The van der Waals surface area contributed by atoms with Gasteiger partial charge in [0.05, 0.1) is 28.7 Å². The number of carbonyl (C=O) groups is 2. The van der Waals surface area contributed by atoms with E-state index >= 15 is 0 Å². The number of carbonyl (C=O) groups excluding carboxylic acids is 2. The van der Waals surface area contributed by atoms with E-state index in [-0.39, 0.29) is 35.9 Å². The number of nitrogens with zero attached hydrogens (tertiary/aromatic N) is 4. The fraction of sp³-hybridized carbons (Fsp3) is 0.346. The number of nitrogens with two attached hydrogens (primary N) is 1. The highest BCUT2D eigenvalue weighted by atomic mass is 32.2. The van der Waals surface area contributed by atoms with Crippen molar-refractivity contribution in [1.29, 1.82) is 0 Å². The lowest BCUT2D eigenvalue weighted by Crippen LogP contribution is -2.63. The molecule has 2 aliphatic rings. The third-order valence-electron chi connectivity index (χ3n) is 7.01. The predicted molar refractivity (Wildman–Crippen MR) is 141 cm³/mol. The molecule has 198 valence electrons. The fourth-order valence-corrected chi connectivity index (χ4v) is 6.36. The number of aromatic nitrogens is 2. The number of rotatable bonds is 9. The molecule has 1 fully saturated rings. The third-order valence-corrected chi connectivity index (χ3v) is 8.29. The first-order valence-electron chi connectivity index (χ1n) is 12.2. The number of nitro groups is 1. The van der Waals surface area contributed by atoms with Crippen LogP contribution in [0.3, 0.4) is 0 Å². The van der Waals surface area contributed by atoms with E-state index in [1.54, 1.807) is 13.0 Å². The van der Waals surface area contributed by atoms with E-state index in [9.17, 15) is 24.8 Å². The number of amides is 1. The Morgan fingerprint density at radius 1 is 1.29 bits per heavy atom. The van der Waals surface area contributed by atoms with Crippen molar-refractivity contribution in [1.82, 2.24) is 14.3 Å². The van der Waals surface area contributed by atoms with Crippen molar-refractivity contribution in [3.63, 3.8) is 0 Å². The molecule has 11 nitrogen and oxygen atoms in total. The number of aliphatic hydroxyl groups excluding tert-OH is 1. The van der Waals surface area contributed by atoms with Crippen molar-refractivity contribution in [2.75, 3.05) is 11.5 Å². The number of aryl methyl sites for hydroxylation is 1. The van der Waals surface area contributed by atoms with Crippen molar-refractivity contribution in [3.05, 3.63) is 80.6 Å². The second-order valence-corrected chi connectivity index (χ2v) is 10.6. The number of hydrogen-bond donors (Lipinski definition) is 2. The van der Waals surface area contributed by atoms with E-state index in [4.69, 9.17) is 10.5 Å². The Hall–Kier alpha value is -3.90. The van der Waals surface area contributed by atoms with Gasteiger partial charge in [-0.1, -0.05) is 13.0 Å². The van der Waals surface area contributed by atoms with Gasteiger partial charge >= 0.3 is 5.97 Å². The molecule has 2 aliphatic heterocycles. The average molecular weight is 538 g/mol. The molecule has 0 radical (unpaired) electrons. The number of nitro benzene ring substituents is 1. The van der Waals surface area contributed by atoms with Gasteiger partial charge < -0.3 is 20.5 Å². The number of aliphatic hydroxyl groups is 1. The lowest BCUT2D eigenvalue weighted by atomic mass is 9.79. The highest BCUT2D eigenvalue weighted by Gasteiger charge is 2.60. The van der Waals surface area contributed by atoms with Crippen LogP contribution in [0.5, 0.6) is 0 Å². The van der Waals surface area contributed by atoms with Crippen LogP contribution < -0.4 is 5.73 Å². The summed E-state index contributed by atoms with van der Waals surface area (Å²) in [7, 11) is 0. The first-order chi connectivity index (χ1) is 18.2. The topological polar surface area (TPSA) is 153 Å². The Bertz CT molecular complexity index is 1450. The normalized spacial score (nSPS) is 21.4. The molecule has 38 heavy (non-hydrogen) atoms. The quantitative estimate of drug-likeness (QED) is 0.181. The minimum atomic E-state index is -0.837. The molecule has 3 N–H and O–H groups in total. The molecule has 5 rings (SSSR count). The zero-order valence-electron chi connectivity index (χ0n) is 20.8. The summed E-state index contributed by atoms with van der Waals surface area (Å²) in [5.74, 6) is -0.482. The van der Waals surface area contributed by atoms with Crippen LogP contribution in [0.2, 0.25) is 0 Å². The van der Waals surface area contributed by atoms with Gasteiger partial charge in [0.15, 0.2) is 0 Å². The number of anilines is 1. The molecule has 1 saturated heterocycles. The molecule has 4 heterocycles. The van der Waals surface area contributed by atoms with Gasteiger partial charge in [-0.2, -0.15) is 0 Å². The fourth-order valence-electron chi connectivity index (χ4n) is 5.11. The second-order valence-electron chi connectivity index (χ2n) is 9.48. The van der Waals surface area contributed by atoms with Gasteiger partial charge in [-0.05, 0) is 36.8 Å². The summed E-state index contributed by atoms with van der Waals surface area (Å²) >= 11 is 1.48. The number of esters is 1. The Labute approximate surface area is 222 Å². The summed E-state index contributed by atoms with van der Waals surface area (Å²) in [5, 5.41) is 21.1. The zero-order valence-corrected chi connectivity index (χ0v) is 21.6. The van der Waals surface area contributed by atoms with Gasteiger partial charge in [0.25, 0.3) is 5.69 Å². The third kappa shape index (κ3) is 4.50. The molecule has 0 spiro atoms. The molecule has 3 aromatic rings. The number of imidazole rings is 1. The van der Waals surface area contributed by atoms with Gasteiger partial charge in [-0.25, -0.2) is 9.78 Å². The summed E-state index contributed by atoms with van der Waals surface area (Å²) in [4.78, 5) is 43.4. The van der Waals surface area contributed by atoms with Gasteiger partial charge in [0.1, 0.15) is 23.8 Å². The van der Waals surface area contributed by atoms with Crippen LogP contribution in [0.15, 0.2) is 59.3 Å². The number of hydrogen-bond acceptors (Lipinski definition) is 9. The Morgan fingerprint density at radius 3 is 2.68 bits per heavy atom. The SMILES string of the molecule is C[C@@H](O)[C@H]1C(=O)N2C(C(=O)OCc3ccc([N+](=O)[O-])cc3)=C(SCCc3cn4c(N)cccc4n3)[C@H](C)[C@H]12. The standard InChI is InChI=1S/C26H27N5O6S/c1-14-22-21(15(2)32)25(33)30(22)23(26(34)37-13-16-6-8-18(9-7-16)31(35)36)24(14)38-11-10-17-12-29-19(27)4-3-5-20(29)28-17/h3-9,12,14-15,21-22,32H,10-11,13,27H2,1-2H3/t14-,15-,21-,22-/m1/s1. The summed E-state index contributed by atoms with van der Waals surface area (Å²) in [5.41, 5.74) is 8.36. The summed E-state index contributed by atoms with van der Waals surface area (Å²) < 4.78 is 7.36. The van der Waals surface area contributed by atoms with Crippen molar-refractivity contribution < 1.29 is 24.4 Å². The molecule has 0 saturated carbocycles. The van der Waals surface area contributed by atoms with Crippen LogP contribution in [-0.2, 0) is 27.4 Å². The Kier molecular flexibility index (Phi) is 6.84. The van der Waals surface area contributed by atoms with E-state index in [1.165, 1.54) is 40.9 Å². The van der Waals surface area contributed by atoms with Gasteiger partial charge in [0.2, 0.25) is 5.91 Å². The molecule has 1 amide bonds. The van der Waals surface area contributed by atoms with E-state index in [0.717, 1.165) is 16.2 Å². The molecule has 1 aromatic carbocycles. The van der Waals surface area contributed by atoms with Crippen molar-refractivity contribution in [3.8, 4) is 0 Å². The summed E-state index contributed by atoms with van der Waals surface area (Å²) in [6, 6.07) is 10.9. The number of fused-ring (bicyclic) bond motifs is 2. The lowest BCUT2D eigenvalue weighted by molar-refractivity contribution is -0.384. The first-order valence-corrected chi connectivity index (χ1v) is 13.2. The Morgan fingerprint density at radius 2 is 2.03 bits per heavy atom. The van der Waals surface area contributed by atoms with Gasteiger partial charge in [0, 0.05) is 41.3 Å². The number of β-lactam (4-membered cyclic amide) rings is 1. The molecular formula is C26H27N5O6S. The molecule has 0 unspecified atom stereocenters. The van der Waals surface area contributed by atoms with E-state index in [2.05, 4.69) is 4.98 Å². The molecule has 12 heteroatoms. The summed E-state index contributed by atoms with van der Waals surface area (Å²) in [6.07, 6.45) is 1.67. The second kappa shape index (κ2) is 10.1. The minimum Gasteiger partial charge on any atom is -0.456 e. The number of benzene rings is 1. The lowest BCUT2D eigenvalue weighted by Gasteiger charge is -2.46. The van der Waals surface area contributed by atoms with Gasteiger partial charge in [-0.15, -0.1) is 11.8 Å². The highest BCUT2D eigenvalue weighted by Crippen LogP contribution is 2.50. The van der Waals surface area contributed by atoms with Gasteiger partial charge in [-0.3, -0.25) is 19.3 Å². The smallest absolute Gasteiger partial charge is 0.356 e. The zero-order chi connectivity index (χ0) is 27.1. The number of ether oxygens (including phenoxy) is 1. The van der Waals surface area contributed by atoms with Crippen LogP contribution in [0.25, 0.3) is 5.65 Å². The maximum Gasteiger partial charge on any atom is 0.356 e. The largest absolute Gasteiger partial charge is 0.456 e. The van der Waals surface area contributed by atoms with Crippen LogP contribution in [0, 0.1) is 22.0 Å². The van der Waals surface area contributed by atoms with E-state index < -0.39 is 22.9 Å². The molecule has 0 aliphatic carbocycles. The predicted octanol–water partition coefficient (Wildman–Crippen LogP) is 2.91. The molecule has 4 atom stereocenters. The van der Waals surface area contributed by atoms with Crippen molar-refractivity contribution in [2.24, 2.45) is 11.8 Å². The number of nitrogen functional groups attached to an aromatic ring is 1. The number of thioether (sulfide) groups is 1. The van der Waals surface area contributed by atoms with Crippen LogP contribution in [0.4, 0.5) is 11.5 Å². The average Bonchev–Trinajstić information content (AvgIpc) is 3.40. The van der Waals surface area contributed by atoms with Crippen LogP contribution >= 0.6 is 11.8 Å². The van der Waals surface area contributed by atoms with E-state index in [1.807, 2.05) is 29.7 Å². The number of pyridine rings is 1. The van der Waals surface area contributed by atoms with Crippen molar-refractivity contribution in [2.45, 2.75) is 39.0 Å². The molecule has 0 bridgehead atoms. The van der Waals surface area contributed by atoms with E-state index in [0.29, 0.717) is 23.6 Å². The highest BCUT2D eigenvalue weighted by molar-refractivity contribution is 8.03. The minimum absolute atomic E-state index is 0.0578. The van der Waals surface area contributed by atoms with Crippen LogP contribution in [-0.4, -0.2) is 54.1 Å². The van der Waals surface area contributed by atoms with Crippen LogP contribution in [0.1, 0.15) is 25.1 Å². The van der Waals surface area contributed by atoms with Crippen molar-refractivity contribution >= 4 is 40.8 Å². The molecule has 2 aromatic heterocycles.